The lowest BCUT2D eigenvalue weighted by Crippen LogP contribution is -2.53. The number of nitrogen functional groups attached to an aromatic ring is 1. The highest BCUT2D eigenvalue weighted by Crippen LogP contribution is 2.24. The molecule has 0 spiro atoms. The van der Waals surface area contributed by atoms with Crippen LogP contribution >= 0.6 is 15.9 Å². The summed E-state index contributed by atoms with van der Waals surface area (Å²) in [5.41, 5.74) is 3.24. The molecular formula is C16H22BrN7O2. The molecule has 0 bridgehead atoms. The minimum absolute atomic E-state index is 0.279. The van der Waals surface area contributed by atoms with Crippen LogP contribution in [0.1, 0.15) is 20.8 Å². The van der Waals surface area contributed by atoms with Crippen molar-refractivity contribution < 1.29 is 9.53 Å². The third-order valence-corrected chi connectivity index (χ3v) is 4.23. The number of nitrogens with one attached hydrogen (secondary N) is 2. The van der Waals surface area contributed by atoms with E-state index >= 15 is 0 Å². The number of likely N-dealkylation sites (tertiary alicyclic amines) is 1. The Labute approximate surface area is 159 Å². The van der Waals surface area contributed by atoms with Crippen molar-refractivity contribution in [3.63, 3.8) is 0 Å². The van der Waals surface area contributed by atoms with Gasteiger partial charge in [0.15, 0.2) is 17.3 Å². The average Bonchev–Trinajstić information content (AvgIpc) is 2.50. The van der Waals surface area contributed by atoms with E-state index in [1.54, 1.807) is 11.1 Å². The minimum Gasteiger partial charge on any atom is -0.444 e. The molecule has 1 aliphatic rings. The van der Waals surface area contributed by atoms with Crippen molar-refractivity contribution >= 4 is 44.8 Å². The van der Waals surface area contributed by atoms with Crippen LogP contribution in [0, 0.1) is 5.92 Å². The van der Waals surface area contributed by atoms with E-state index in [2.05, 4.69) is 41.6 Å². The van der Waals surface area contributed by atoms with Gasteiger partial charge < -0.3 is 20.4 Å². The van der Waals surface area contributed by atoms with E-state index < -0.39 is 5.60 Å². The van der Waals surface area contributed by atoms with Crippen molar-refractivity contribution in [3.8, 4) is 0 Å². The number of aromatic nitrogens is 3. The summed E-state index contributed by atoms with van der Waals surface area (Å²) >= 11 is 3.36. The monoisotopic (exact) mass is 423 g/mol. The second-order valence-corrected chi connectivity index (χ2v) is 8.11. The summed E-state index contributed by atoms with van der Waals surface area (Å²) in [6.07, 6.45) is 1.39. The Balaban J connectivity index is 1.59. The van der Waals surface area contributed by atoms with Crippen molar-refractivity contribution in [2.75, 3.05) is 30.4 Å². The van der Waals surface area contributed by atoms with Gasteiger partial charge in [-0.15, -0.1) is 0 Å². The molecule has 9 nitrogen and oxygen atoms in total. The summed E-state index contributed by atoms with van der Waals surface area (Å²) in [6.45, 7) is 7.49. The molecule has 0 unspecified atom stereocenters. The number of nitrogens with zero attached hydrogens (tertiary/aromatic N) is 4. The molecule has 1 fully saturated rings. The van der Waals surface area contributed by atoms with Gasteiger partial charge in [0.25, 0.3) is 0 Å². The zero-order chi connectivity index (χ0) is 18.9. The molecule has 4 N–H and O–H groups in total. The first-order chi connectivity index (χ1) is 12.2. The van der Waals surface area contributed by atoms with Crippen LogP contribution in [0.3, 0.4) is 0 Å². The number of nitrogens with two attached hydrogens (primary N) is 1. The number of hydrogen-bond acceptors (Lipinski definition) is 8. The first-order valence-corrected chi connectivity index (χ1v) is 9.06. The third kappa shape index (κ3) is 4.31. The Morgan fingerprint density at radius 3 is 2.77 bits per heavy atom. The standard InChI is InChI=1S/C16H22BrN7O2/c1-16(2,3)26-15(25)24-7-9(8-24)5-19-13-14(23-18)21-11-4-10(17)6-20-12(11)22-13/h4,6,9H,5,7-8,18H2,1-3H3,(H,21,23)(H,19,20,22). The fourth-order valence-corrected chi connectivity index (χ4v) is 2.88. The fraction of sp³-hybridized carbons (Fsp3) is 0.500. The molecule has 0 saturated carbocycles. The first-order valence-electron chi connectivity index (χ1n) is 8.27. The van der Waals surface area contributed by atoms with Gasteiger partial charge in [-0.25, -0.2) is 25.6 Å². The van der Waals surface area contributed by atoms with E-state index in [0.717, 1.165) is 4.47 Å². The Morgan fingerprint density at radius 2 is 2.12 bits per heavy atom. The van der Waals surface area contributed by atoms with Gasteiger partial charge in [-0.05, 0) is 42.8 Å². The molecule has 26 heavy (non-hydrogen) atoms. The molecular weight excluding hydrogens is 402 g/mol. The van der Waals surface area contributed by atoms with E-state index in [0.29, 0.717) is 48.4 Å². The molecule has 3 heterocycles. The van der Waals surface area contributed by atoms with Crippen LogP contribution in [0.5, 0.6) is 0 Å². The van der Waals surface area contributed by atoms with Crippen LogP contribution in [0.15, 0.2) is 16.7 Å². The SMILES string of the molecule is CC(C)(C)OC(=O)N1CC(CNc2nc3ncc(Br)cc3nc2NN)C1. The van der Waals surface area contributed by atoms with Crippen LogP contribution in [-0.4, -0.2) is 51.2 Å². The third-order valence-electron chi connectivity index (χ3n) is 3.79. The van der Waals surface area contributed by atoms with Crippen molar-refractivity contribution in [2.45, 2.75) is 26.4 Å². The molecule has 1 aliphatic heterocycles. The zero-order valence-corrected chi connectivity index (χ0v) is 16.5. The van der Waals surface area contributed by atoms with Crippen LogP contribution in [0.25, 0.3) is 11.2 Å². The number of carbonyl (C=O) groups excluding carboxylic acids is 1. The molecule has 3 rings (SSSR count). The highest BCUT2D eigenvalue weighted by atomic mass is 79.9. The number of rotatable bonds is 4. The maximum absolute atomic E-state index is 12.0. The van der Waals surface area contributed by atoms with Gasteiger partial charge in [-0.3, -0.25) is 0 Å². The highest BCUT2D eigenvalue weighted by Gasteiger charge is 2.33. The predicted molar refractivity (Wildman–Crippen MR) is 103 cm³/mol. The number of hydrogen-bond donors (Lipinski definition) is 3. The van der Waals surface area contributed by atoms with Crippen LogP contribution in [0.2, 0.25) is 0 Å². The zero-order valence-electron chi connectivity index (χ0n) is 14.9. The molecule has 0 radical (unpaired) electrons. The quantitative estimate of drug-likeness (QED) is 0.506. The van der Waals surface area contributed by atoms with Gasteiger partial charge in [0, 0.05) is 36.2 Å². The van der Waals surface area contributed by atoms with Gasteiger partial charge >= 0.3 is 6.09 Å². The number of ether oxygens (including phenoxy) is 1. The fourth-order valence-electron chi connectivity index (χ4n) is 2.56. The molecule has 1 saturated heterocycles. The van der Waals surface area contributed by atoms with Gasteiger partial charge in [0.05, 0.1) is 0 Å². The maximum atomic E-state index is 12.0. The largest absolute Gasteiger partial charge is 0.444 e. The summed E-state index contributed by atoms with van der Waals surface area (Å²) in [5.74, 6) is 6.85. The van der Waals surface area contributed by atoms with Gasteiger partial charge in [-0.2, -0.15) is 0 Å². The summed E-state index contributed by atoms with van der Waals surface area (Å²) in [4.78, 5) is 26.8. The van der Waals surface area contributed by atoms with E-state index in [1.807, 2.05) is 26.8 Å². The molecule has 1 amide bonds. The minimum atomic E-state index is -0.481. The first kappa shape index (κ1) is 18.6. The average molecular weight is 424 g/mol. The number of anilines is 2. The van der Waals surface area contributed by atoms with E-state index in [1.165, 1.54) is 0 Å². The Kier molecular flexibility index (Phi) is 5.15. The lowest BCUT2D eigenvalue weighted by Gasteiger charge is -2.39. The summed E-state index contributed by atoms with van der Waals surface area (Å²) < 4.78 is 6.17. The number of halogens is 1. The molecule has 2 aromatic heterocycles. The second-order valence-electron chi connectivity index (χ2n) is 7.19. The number of hydrazine groups is 1. The van der Waals surface area contributed by atoms with Gasteiger partial charge in [-0.1, -0.05) is 0 Å². The maximum Gasteiger partial charge on any atom is 0.410 e. The van der Waals surface area contributed by atoms with E-state index in [9.17, 15) is 4.79 Å². The summed E-state index contributed by atoms with van der Waals surface area (Å²) in [6, 6.07) is 1.82. The smallest absolute Gasteiger partial charge is 0.410 e. The summed E-state index contributed by atoms with van der Waals surface area (Å²) in [7, 11) is 0. The molecule has 10 heteroatoms. The molecule has 0 aliphatic carbocycles. The van der Waals surface area contributed by atoms with Gasteiger partial charge in [0.1, 0.15) is 11.1 Å². The van der Waals surface area contributed by atoms with Gasteiger partial charge in [0.2, 0.25) is 0 Å². The van der Waals surface area contributed by atoms with Crippen LogP contribution in [0.4, 0.5) is 16.4 Å². The van der Waals surface area contributed by atoms with Crippen LogP contribution < -0.4 is 16.6 Å². The second kappa shape index (κ2) is 7.20. The Morgan fingerprint density at radius 1 is 1.38 bits per heavy atom. The Bertz CT molecular complexity index is 818. The lowest BCUT2D eigenvalue weighted by molar-refractivity contribution is 0.000840. The molecule has 0 aromatic carbocycles. The number of pyridine rings is 1. The predicted octanol–water partition coefficient (Wildman–Crippen LogP) is 2.35. The lowest BCUT2D eigenvalue weighted by atomic mass is 10.0. The number of carbonyl (C=O) groups is 1. The van der Waals surface area contributed by atoms with Crippen LogP contribution in [-0.2, 0) is 4.74 Å². The highest BCUT2D eigenvalue weighted by molar-refractivity contribution is 9.10. The number of amides is 1. The topological polar surface area (TPSA) is 118 Å². The van der Waals surface area contributed by atoms with E-state index in [4.69, 9.17) is 10.6 Å². The normalized spacial score (nSPS) is 14.9. The molecule has 0 atom stereocenters. The number of fused-ring (bicyclic) bond motifs is 1. The van der Waals surface area contributed by atoms with Crippen molar-refractivity contribution in [1.29, 1.82) is 0 Å². The summed E-state index contributed by atoms with van der Waals surface area (Å²) in [5, 5.41) is 3.23. The van der Waals surface area contributed by atoms with Crippen molar-refractivity contribution in [2.24, 2.45) is 11.8 Å². The van der Waals surface area contributed by atoms with Crippen molar-refractivity contribution in [3.05, 3.63) is 16.7 Å². The van der Waals surface area contributed by atoms with Crippen molar-refractivity contribution in [1.82, 2.24) is 19.9 Å². The Hall–Kier alpha value is -2.20. The molecule has 2 aromatic rings. The van der Waals surface area contributed by atoms with E-state index in [-0.39, 0.29) is 6.09 Å². The molecule has 140 valence electrons.